The van der Waals surface area contributed by atoms with Crippen LogP contribution in [0.1, 0.15) is 18.0 Å². The van der Waals surface area contributed by atoms with Crippen molar-refractivity contribution >= 4 is 11.6 Å². The van der Waals surface area contributed by atoms with Gasteiger partial charge < -0.3 is 5.11 Å². The molecule has 1 aromatic rings. The van der Waals surface area contributed by atoms with Crippen LogP contribution in [0.5, 0.6) is 0 Å². The van der Waals surface area contributed by atoms with Crippen molar-refractivity contribution in [1.29, 1.82) is 5.26 Å². The summed E-state index contributed by atoms with van der Waals surface area (Å²) in [4.78, 5) is 0. The van der Waals surface area contributed by atoms with Gasteiger partial charge in [-0.05, 0) is 31.2 Å². The number of nitriles is 1. The first-order valence-corrected chi connectivity index (χ1v) is 5.25. The molecule has 0 bridgehead atoms. The van der Waals surface area contributed by atoms with Crippen molar-refractivity contribution in [2.45, 2.75) is 12.5 Å². The Kier molecular flexibility index (Phi) is 5.20. The number of aliphatic hydroxyl groups excluding tert-OH is 1. The maximum Gasteiger partial charge on any atom is 0.129 e. The summed E-state index contributed by atoms with van der Waals surface area (Å²) in [5, 5.41) is 20.7. The zero-order valence-electron chi connectivity index (χ0n) is 8.58. The number of benzene rings is 1. The van der Waals surface area contributed by atoms with E-state index in [0.29, 0.717) is 18.0 Å². The van der Waals surface area contributed by atoms with Gasteiger partial charge in [-0.15, -0.1) is 0 Å². The van der Waals surface area contributed by atoms with E-state index in [1.54, 1.807) is 0 Å². The second-order valence-electron chi connectivity index (χ2n) is 3.26. The smallest absolute Gasteiger partial charge is 0.129 e. The first kappa shape index (κ1) is 12.9. The van der Waals surface area contributed by atoms with Gasteiger partial charge in [-0.1, -0.05) is 11.6 Å². The van der Waals surface area contributed by atoms with Crippen LogP contribution in [0, 0.1) is 17.1 Å². The van der Waals surface area contributed by atoms with E-state index in [-0.39, 0.29) is 12.2 Å². The van der Waals surface area contributed by atoms with Gasteiger partial charge in [-0.25, -0.2) is 4.39 Å². The van der Waals surface area contributed by atoms with Crippen molar-refractivity contribution in [1.82, 2.24) is 5.32 Å². The van der Waals surface area contributed by atoms with Gasteiger partial charge in [0.15, 0.2) is 0 Å². The average Bonchev–Trinajstić information content (AvgIpc) is 2.28. The maximum atomic E-state index is 13.4. The minimum Gasteiger partial charge on any atom is -0.396 e. The first-order valence-electron chi connectivity index (χ1n) is 4.88. The van der Waals surface area contributed by atoms with Crippen LogP contribution in [0.3, 0.4) is 0 Å². The monoisotopic (exact) mass is 242 g/mol. The van der Waals surface area contributed by atoms with Crippen LogP contribution in [0.15, 0.2) is 18.2 Å². The van der Waals surface area contributed by atoms with Crippen LogP contribution in [-0.2, 0) is 0 Å². The van der Waals surface area contributed by atoms with Gasteiger partial charge >= 0.3 is 0 Å². The van der Waals surface area contributed by atoms with Crippen molar-refractivity contribution in [3.8, 4) is 6.07 Å². The lowest BCUT2D eigenvalue weighted by Crippen LogP contribution is -2.22. The van der Waals surface area contributed by atoms with Gasteiger partial charge in [0.05, 0.1) is 6.07 Å². The Balaban J connectivity index is 2.79. The fraction of sp³-hybridized carbons (Fsp3) is 0.364. The van der Waals surface area contributed by atoms with E-state index in [9.17, 15) is 4.39 Å². The van der Waals surface area contributed by atoms with Gasteiger partial charge in [-0.2, -0.15) is 5.26 Å². The van der Waals surface area contributed by atoms with E-state index in [1.807, 2.05) is 6.07 Å². The number of rotatable bonds is 5. The van der Waals surface area contributed by atoms with Crippen molar-refractivity contribution in [2.75, 3.05) is 13.2 Å². The molecular formula is C11H12ClFN2O. The fourth-order valence-electron chi connectivity index (χ4n) is 1.29. The lowest BCUT2D eigenvalue weighted by atomic mass is 10.1. The lowest BCUT2D eigenvalue weighted by molar-refractivity contribution is 0.285. The molecule has 86 valence electrons. The third-order valence-corrected chi connectivity index (χ3v) is 2.32. The highest BCUT2D eigenvalue weighted by Gasteiger charge is 2.14. The molecule has 0 saturated carbocycles. The van der Waals surface area contributed by atoms with Crippen LogP contribution < -0.4 is 5.32 Å². The van der Waals surface area contributed by atoms with Gasteiger partial charge in [0, 0.05) is 17.2 Å². The molecule has 0 aliphatic rings. The van der Waals surface area contributed by atoms with E-state index < -0.39 is 11.9 Å². The molecular weight excluding hydrogens is 231 g/mol. The quantitative estimate of drug-likeness (QED) is 0.777. The molecule has 5 heteroatoms. The predicted molar refractivity (Wildman–Crippen MR) is 59.5 cm³/mol. The fourth-order valence-corrected chi connectivity index (χ4v) is 1.47. The lowest BCUT2D eigenvalue weighted by Gasteiger charge is -2.12. The molecule has 0 amide bonds. The second kappa shape index (κ2) is 6.44. The molecule has 0 spiro atoms. The summed E-state index contributed by atoms with van der Waals surface area (Å²) in [6.45, 7) is 0.476. The third kappa shape index (κ3) is 3.46. The summed E-state index contributed by atoms with van der Waals surface area (Å²) in [5.41, 5.74) is 0.230. The summed E-state index contributed by atoms with van der Waals surface area (Å²) in [6, 6.07) is 5.30. The first-order chi connectivity index (χ1) is 7.69. The molecule has 1 aromatic carbocycles. The Morgan fingerprint density at radius 1 is 1.56 bits per heavy atom. The zero-order chi connectivity index (χ0) is 12.0. The highest BCUT2D eigenvalue weighted by atomic mass is 35.5. The Morgan fingerprint density at radius 3 is 2.94 bits per heavy atom. The molecule has 1 rings (SSSR count). The number of halogens is 2. The Bertz CT molecular complexity index is 392. The minimum absolute atomic E-state index is 0.0309. The third-order valence-electron chi connectivity index (χ3n) is 2.08. The molecule has 16 heavy (non-hydrogen) atoms. The largest absolute Gasteiger partial charge is 0.396 e. The van der Waals surface area contributed by atoms with E-state index in [4.69, 9.17) is 22.0 Å². The van der Waals surface area contributed by atoms with Crippen LogP contribution in [0.25, 0.3) is 0 Å². The molecule has 2 N–H and O–H groups in total. The second-order valence-corrected chi connectivity index (χ2v) is 3.70. The highest BCUT2D eigenvalue weighted by molar-refractivity contribution is 6.30. The van der Waals surface area contributed by atoms with Crippen LogP contribution in [0.2, 0.25) is 5.02 Å². The molecule has 3 nitrogen and oxygen atoms in total. The standard InChI is InChI=1S/C11H12ClFN2O/c12-8-2-3-10(13)9(6-8)11(7-14)15-4-1-5-16/h2-3,6,11,15-16H,1,4-5H2. The van der Waals surface area contributed by atoms with Crippen molar-refractivity contribution in [3.05, 3.63) is 34.6 Å². The van der Waals surface area contributed by atoms with Gasteiger partial charge in [-0.3, -0.25) is 5.32 Å². The Morgan fingerprint density at radius 2 is 2.31 bits per heavy atom. The van der Waals surface area contributed by atoms with Crippen LogP contribution in [0.4, 0.5) is 4.39 Å². The van der Waals surface area contributed by atoms with Gasteiger partial charge in [0.1, 0.15) is 11.9 Å². The van der Waals surface area contributed by atoms with E-state index >= 15 is 0 Å². The normalized spacial score (nSPS) is 12.1. The van der Waals surface area contributed by atoms with Gasteiger partial charge in [0.2, 0.25) is 0 Å². The molecule has 0 heterocycles. The van der Waals surface area contributed by atoms with E-state index in [2.05, 4.69) is 5.32 Å². The molecule has 0 fully saturated rings. The summed E-state index contributed by atoms with van der Waals surface area (Å²) in [6.07, 6.45) is 0.514. The molecule has 1 atom stereocenters. The topological polar surface area (TPSA) is 56.0 Å². The predicted octanol–water partition coefficient (Wildman–Crippen LogP) is 2.02. The molecule has 0 saturated heterocycles. The molecule has 1 unspecified atom stereocenters. The molecule has 0 aromatic heterocycles. The van der Waals surface area contributed by atoms with Crippen LogP contribution in [-0.4, -0.2) is 18.3 Å². The van der Waals surface area contributed by atoms with Crippen LogP contribution >= 0.6 is 11.6 Å². The highest BCUT2D eigenvalue weighted by Crippen LogP contribution is 2.20. The van der Waals surface area contributed by atoms with Crippen molar-refractivity contribution in [2.24, 2.45) is 0 Å². The number of nitrogens with zero attached hydrogens (tertiary/aromatic N) is 1. The van der Waals surface area contributed by atoms with Crippen molar-refractivity contribution < 1.29 is 9.50 Å². The Hall–Kier alpha value is -1.15. The summed E-state index contributed by atoms with van der Waals surface area (Å²) in [5.74, 6) is -0.465. The summed E-state index contributed by atoms with van der Waals surface area (Å²) >= 11 is 5.74. The van der Waals surface area contributed by atoms with E-state index in [1.165, 1.54) is 18.2 Å². The summed E-state index contributed by atoms with van der Waals surface area (Å²) < 4.78 is 13.4. The van der Waals surface area contributed by atoms with Crippen molar-refractivity contribution in [3.63, 3.8) is 0 Å². The zero-order valence-corrected chi connectivity index (χ0v) is 9.34. The number of nitrogens with one attached hydrogen (secondary N) is 1. The minimum atomic E-state index is -0.745. The molecule has 0 radical (unpaired) electrons. The van der Waals surface area contributed by atoms with E-state index in [0.717, 1.165) is 0 Å². The number of aliphatic hydroxyl groups is 1. The average molecular weight is 243 g/mol. The van der Waals surface area contributed by atoms with Gasteiger partial charge in [0.25, 0.3) is 0 Å². The number of hydrogen-bond donors (Lipinski definition) is 2. The summed E-state index contributed by atoms with van der Waals surface area (Å²) in [7, 11) is 0. The SMILES string of the molecule is N#CC(NCCCO)c1cc(Cl)ccc1F. The maximum absolute atomic E-state index is 13.4. The molecule has 0 aliphatic carbocycles. The molecule has 0 aliphatic heterocycles. The number of hydrogen-bond acceptors (Lipinski definition) is 3. The Labute approximate surface area is 98.5 Å².